The number of ether oxygens (including phenoxy) is 1. The van der Waals surface area contributed by atoms with Gasteiger partial charge < -0.3 is 4.74 Å². The Hall–Kier alpha value is -0.900. The molecule has 3 nitrogen and oxygen atoms in total. The largest absolute Gasteiger partial charge is 0.378 e. The van der Waals surface area contributed by atoms with Crippen LogP contribution >= 0.6 is 0 Å². The van der Waals surface area contributed by atoms with Crippen molar-refractivity contribution in [2.45, 2.75) is 38.8 Å². The van der Waals surface area contributed by atoms with E-state index in [1.807, 2.05) is 0 Å². The Morgan fingerprint density at radius 2 is 2.35 bits per heavy atom. The topological polar surface area (TPSA) is 47.3 Å². The Labute approximate surface area is 103 Å². The molecule has 2 rings (SSSR count). The number of aryl methyl sites for hydroxylation is 1. The summed E-state index contributed by atoms with van der Waals surface area (Å²) in [5.41, 5.74) is 5.58. The van der Waals surface area contributed by atoms with Crippen LogP contribution in [-0.2, 0) is 11.2 Å². The van der Waals surface area contributed by atoms with E-state index in [9.17, 15) is 0 Å². The molecule has 3 atom stereocenters. The summed E-state index contributed by atoms with van der Waals surface area (Å²) in [5, 5.41) is 0. The van der Waals surface area contributed by atoms with Gasteiger partial charge in [-0.15, -0.1) is 0 Å². The third kappa shape index (κ3) is 2.86. The van der Waals surface area contributed by atoms with Crippen molar-refractivity contribution in [2.24, 2.45) is 11.8 Å². The minimum Gasteiger partial charge on any atom is -0.378 e. The fourth-order valence-corrected chi connectivity index (χ4v) is 2.59. The second-order valence-corrected chi connectivity index (χ2v) is 4.88. The van der Waals surface area contributed by atoms with Crippen molar-refractivity contribution < 1.29 is 4.74 Å². The summed E-state index contributed by atoms with van der Waals surface area (Å²) in [5.74, 6) is 6.19. The van der Waals surface area contributed by atoms with Gasteiger partial charge in [-0.3, -0.25) is 11.3 Å². The lowest BCUT2D eigenvalue weighted by Gasteiger charge is -2.22. The smallest absolute Gasteiger partial charge is 0.0551 e. The second kappa shape index (κ2) is 5.63. The molecule has 0 spiro atoms. The molecular formula is C14H22N2O. The van der Waals surface area contributed by atoms with Gasteiger partial charge in [0, 0.05) is 5.92 Å². The predicted octanol–water partition coefficient (Wildman–Crippen LogP) is 2.18. The fourth-order valence-electron chi connectivity index (χ4n) is 2.59. The van der Waals surface area contributed by atoms with Crippen LogP contribution < -0.4 is 11.3 Å². The number of benzene rings is 1. The molecule has 0 bridgehead atoms. The summed E-state index contributed by atoms with van der Waals surface area (Å²) in [6.07, 6.45) is 2.48. The van der Waals surface area contributed by atoms with Crippen LogP contribution in [0.1, 0.15) is 37.4 Å². The van der Waals surface area contributed by atoms with Crippen molar-refractivity contribution in [2.75, 3.05) is 6.61 Å². The van der Waals surface area contributed by atoms with Crippen LogP contribution in [0, 0.1) is 5.92 Å². The lowest BCUT2D eigenvalue weighted by molar-refractivity contribution is 0.117. The molecule has 0 radical (unpaired) electrons. The maximum atomic E-state index is 5.72. The van der Waals surface area contributed by atoms with Gasteiger partial charge in [0.15, 0.2) is 0 Å². The molecule has 3 N–H and O–H groups in total. The molecule has 3 unspecified atom stereocenters. The third-order valence-corrected chi connectivity index (χ3v) is 3.60. The highest BCUT2D eigenvalue weighted by atomic mass is 16.5. The van der Waals surface area contributed by atoms with Gasteiger partial charge in [0.05, 0.1) is 18.8 Å². The number of nitrogens with one attached hydrogen (secondary N) is 1. The zero-order chi connectivity index (χ0) is 12.3. The summed E-state index contributed by atoms with van der Waals surface area (Å²) >= 11 is 0. The molecule has 0 saturated carbocycles. The molecular weight excluding hydrogens is 212 g/mol. The highest BCUT2D eigenvalue weighted by Crippen LogP contribution is 2.31. The molecule has 3 heteroatoms. The molecule has 1 heterocycles. The molecule has 1 saturated heterocycles. The maximum absolute atomic E-state index is 5.72. The van der Waals surface area contributed by atoms with Crippen LogP contribution in [0.25, 0.3) is 0 Å². The first-order valence-corrected chi connectivity index (χ1v) is 6.41. The molecule has 0 aliphatic carbocycles. The van der Waals surface area contributed by atoms with Gasteiger partial charge in [-0.1, -0.05) is 31.2 Å². The van der Waals surface area contributed by atoms with Gasteiger partial charge >= 0.3 is 0 Å². The van der Waals surface area contributed by atoms with Gasteiger partial charge in [-0.2, -0.15) is 0 Å². The second-order valence-electron chi connectivity index (χ2n) is 4.88. The summed E-state index contributed by atoms with van der Waals surface area (Å²) in [4.78, 5) is 0. The Balaban J connectivity index is 2.16. The van der Waals surface area contributed by atoms with E-state index in [0.717, 1.165) is 19.4 Å². The minimum absolute atomic E-state index is 0.200. The van der Waals surface area contributed by atoms with Crippen molar-refractivity contribution in [1.29, 1.82) is 0 Å². The first-order valence-electron chi connectivity index (χ1n) is 6.41. The van der Waals surface area contributed by atoms with Crippen molar-refractivity contribution in [1.82, 2.24) is 5.43 Å². The van der Waals surface area contributed by atoms with Crippen LogP contribution in [0.2, 0.25) is 0 Å². The molecule has 17 heavy (non-hydrogen) atoms. The quantitative estimate of drug-likeness (QED) is 0.620. The third-order valence-electron chi connectivity index (χ3n) is 3.60. The summed E-state index contributed by atoms with van der Waals surface area (Å²) in [7, 11) is 0. The summed E-state index contributed by atoms with van der Waals surface area (Å²) < 4.78 is 5.63. The summed E-state index contributed by atoms with van der Waals surface area (Å²) in [6, 6.07) is 8.86. The van der Waals surface area contributed by atoms with Crippen molar-refractivity contribution >= 4 is 0 Å². The van der Waals surface area contributed by atoms with Gasteiger partial charge in [0.2, 0.25) is 0 Å². The van der Waals surface area contributed by atoms with Gasteiger partial charge in [0.1, 0.15) is 0 Å². The van der Waals surface area contributed by atoms with E-state index >= 15 is 0 Å². The highest BCUT2D eigenvalue weighted by Gasteiger charge is 2.29. The van der Waals surface area contributed by atoms with E-state index in [4.69, 9.17) is 10.6 Å². The first-order chi connectivity index (χ1) is 8.24. The van der Waals surface area contributed by atoms with Crippen LogP contribution in [0.5, 0.6) is 0 Å². The van der Waals surface area contributed by atoms with E-state index in [1.54, 1.807) is 0 Å². The number of rotatable bonds is 4. The van der Waals surface area contributed by atoms with Crippen molar-refractivity contribution in [3.63, 3.8) is 0 Å². The number of hydrogen-bond donors (Lipinski definition) is 2. The Bertz CT molecular complexity index is 367. The van der Waals surface area contributed by atoms with E-state index in [0.29, 0.717) is 12.0 Å². The number of nitrogens with two attached hydrogens (primary N) is 1. The zero-order valence-electron chi connectivity index (χ0n) is 10.6. The van der Waals surface area contributed by atoms with E-state index in [1.165, 1.54) is 11.1 Å². The zero-order valence-corrected chi connectivity index (χ0v) is 10.6. The van der Waals surface area contributed by atoms with Gasteiger partial charge in [0.25, 0.3) is 0 Å². The Morgan fingerprint density at radius 1 is 1.53 bits per heavy atom. The molecule has 1 fully saturated rings. The van der Waals surface area contributed by atoms with Crippen molar-refractivity contribution in [3.05, 3.63) is 35.4 Å². The average Bonchev–Trinajstić information content (AvgIpc) is 2.77. The van der Waals surface area contributed by atoms with E-state index < -0.39 is 0 Å². The molecule has 1 aliphatic heterocycles. The predicted molar refractivity (Wildman–Crippen MR) is 69.4 cm³/mol. The van der Waals surface area contributed by atoms with Crippen LogP contribution in [0.15, 0.2) is 24.3 Å². The van der Waals surface area contributed by atoms with Gasteiger partial charge in [-0.25, -0.2) is 0 Å². The fraction of sp³-hybridized carbons (Fsp3) is 0.571. The molecule has 0 amide bonds. The lowest BCUT2D eigenvalue weighted by Crippen LogP contribution is -2.34. The minimum atomic E-state index is 0.200. The molecule has 1 aromatic carbocycles. The summed E-state index contributed by atoms with van der Waals surface area (Å²) in [6.45, 7) is 5.09. The normalized spacial score (nSPS) is 26.1. The Morgan fingerprint density at radius 3 is 2.94 bits per heavy atom. The maximum Gasteiger partial charge on any atom is 0.0551 e. The van der Waals surface area contributed by atoms with Crippen LogP contribution in [-0.4, -0.2) is 12.7 Å². The van der Waals surface area contributed by atoms with Crippen LogP contribution in [0.3, 0.4) is 0 Å². The monoisotopic (exact) mass is 234 g/mol. The average molecular weight is 234 g/mol. The molecule has 0 aromatic heterocycles. The van der Waals surface area contributed by atoms with Gasteiger partial charge in [-0.05, 0) is 30.9 Å². The van der Waals surface area contributed by atoms with E-state index in [2.05, 4.69) is 43.5 Å². The first kappa shape index (κ1) is 12.6. The molecule has 1 aliphatic rings. The Kier molecular flexibility index (Phi) is 4.15. The SMILES string of the molecule is CCc1cccc(C(NN)C2COC(C)C2)c1. The molecule has 94 valence electrons. The van der Waals surface area contributed by atoms with Crippen LogP contribution in [0.4, 0.5) is 0 Å². The van der Waals surface area contributed by atoms with Crippen molar-refractivity contribution in [3.8, 4) is 0 Å². The molecule has 1 aromatic rings. The standard InChI is InChI=1S/C14H22N2O/c1-3-11-5-4-6-12(8-11)14(16-15)13-7-10(2)17-9-13/h4-6,8,10,13-14,16H,3,7,9,15H2,1-2H3. The number of hydrogen-bond acceptors (Lipinski definition) is 3. The highest BCUT2D eigenvalue weighted by molar-refractivity contribution is 5.26. The number of hydrazine groups is 1. The van der Waals surface area contributed by atoms with E-state index in [-0.39, 0.29) is 6.04 Å². The lowest BCUT2D eigenvalue weighted by atomic mass is 9.90.